The van der Waals surface area contributed by atoms with Crippen molar-refractivity contribution in [2.45, 2.75) is 12.6 Å². The van der Waals surface area contributed by atoms with E-state index in [1.54, 1.807) is 18.3 Å². The van der Waals surface area contributed by atoms with Gasteiger partial charge in [0.05, 0.1) is 13.2 Å². The van der Waals surface area contributed by atoms with Crippen LogP contribution in [0, 0.1) is 0 Å². The van der Waals surface area contributed by atoms with Crippen LogP contribution in [0.3, 0.4) is 0 Å². The molecule has 0 bridgehead atoms. The van der Waals surface area contributed by atoms with Crippen LogP contribution < -0.4 is 0 Å². The molecule has 0 spiro atoms. The molecule has 8 heteroatoms. The topological polar surface area (TPSA) is 48.9 Å². The molecule has 2 fully saturated rings. The maximum absolute atomic E-state index is 13.6. The van der Waals surface area contributed by atoms with Crippen molar-refractivity contribution in [2.75, 3.05) is 52.5 Å². The standard InChI is InChI=1S/C22H26Cl2N4O2/c23-18-3-4-19(20(24)14-18)21(27-10-12-30-13-11-27)22(29)28-8-6-26(7-9-28)16-17-2-1-5-25-15-17/h1-5,14-15,21H,6-13,16H2/t21-/m0/s1. The molecule has 0 unspecified atom stereocenters. The lowest BCUT2D eigenvalue weighted by Gasteiger charge is -2.40. The Morgan fingerprint density at radius 2 is 1.83 bits per heavy atom. The summed E-state index contributed by atoms with van der Waals surface area (Å²) in [6.07, 6.45) is 3.68. The van der Waals surface area contributed by atoms with Gasteiger partial charge >= 0.3 is 0 Å². The van der Waals surface area contributed by atoms with Gasteiger partial charge in [-0.1, -0.05) is 35.3 Å². The monoisotopic (exact) mass is 448 g/mol. The third-order valence-electron chi connectivity index (χ3n) is 5.71. The SMILES string of the molecule is O=C([C@H](c1ccc(Cl)cc1Cl)N1CCOCC1)N1CCN(Cc2cccnc2)CC1. The molecule has 1 atom stereocenters. The fraction of sp³-hybridized carbons (Fsp3) is 0.455. The molecule has 160 valence electrons. The number of carbonyl (C=O) groups excluding carboxylic acids is 1. The van der Waals surface area contributed by atoms with E-state index in [0.29, 0.717) is 49.4 Å². The summed E-state index contributed by atoms with van der Waals surface area (Å²) in [7, 11) is 0. The Morgan fingerprint density at radius 3 is 2.50 bits per heavy atom. The Bertz CT molecular complexity index is 853. The largest absolute Gasteiger partial charge is 0.379 e. The van der Waals surface area contributed by atoms with Gasteiger partial charge in [0.15, 0.2) is 0 Å². The summed E-state index contributed by atoms with van der Waals surface area (Å²) in [5.74, 6) is 0.0992. The molecule has 1 amide bonds. The molecule has 2 aromatic rings. The number of carbonyl (C=O) groups is 1. The van der Waals surface area contributed by atoms with Crippen LogP contribution in [0.2, 0.25) is 10.0 Å². The number of ether oxygens (including phenoxy) is 1. The summed E-state index contributed by atoms with van der Waals surface area (Å²) >= 11 is 12.6. The molecule has 0 saturated carbocycles. The molecule has 3 heterocycles. The normalized spacial score (nSPS) is 19.6. The zero-order valence-electron chi connectivity index (χ0n) is 16.8. The second kappa shape index (κ2) is 10.1. The van der Waals surface area contributed by atoms with Crippen LogP contribution in [0.25, 0.3) is 0 Å². The first-order valence-electron chi connectivity index (χ1n) is 10.3. The zero-order chi connectivity index (χ0) is 20.9. The number of aromatic nitrogens is 1. The molecule has 0 N–H and O–H groups in total. The third kappa shape index (κ3) is 5.13. The molecule has 2 aliphatic heterocycles. The molecule has 4 rings (SSSR count). The van der Waals surface area contributed by atoms with Crippen LogP contribution in [0.15, 0.2) is 42.7 Å². The Balaban J connectivity index is 1.46. The quantitative estimate of drug-likeness (QED) is 0.702. The van der Waals surface area contributed by atoms with Gasteiger partial charge in [0.1, 0.15) is 6.04 Å². The van der Waals surface area contributed by atoms with Crippen LogP contribution >= 0.6 is 23.2 Å². The molecular weight excluding hydrogens is 423 g/mol. The second-order valence-electron chi connectivity index (χ2n) is 7.68. The Morgan fingerprint density at radius 1 is 1.07 bits per heavy atom. The van der Waals surface area contributed by atoms with Gasteiger partial charge in [0.25, 0.3) is 0 Å². The van der Waals surface area contributed by atoms with Crippen LogP contribution in [-0.2, 0) is 16.1 Å². The van der Waals surface area contributed by atoms with E-state index in [-0.39, 0.29) is 5.91 Å². The molecular formula is C22H26Cl2N4O2. The van der Waals surface area contributed by atoms with Gasteiger partial charge in [-0.2, -0.15) is 0 Å². The van der Waals surface area contributed by atoms with E-state index in [4.69, 9.17) is 27.9 Å². The summed E-state index contributed by atoms with van der Waals surface area (Å²) < 4.78 is 5.50. The van der Waals surface area contributed by atoms with E-state index in [9.17, 15) is 4.79 Å². The van der Waals surface area contributed by atoms with Gasteiger partial charge in [-0.25, -0.2) is 0 Å². The number of hydrogen-bond acceptors (Lipinski definition) is 5. The fourth-order valence-electron chi connectivity index (χ4n) is 4.09. The highest BCUT2D eigenvalue weighted by Gasteiger charge is 2.35. The van der Waals surface area contributed by atoms with E-state index in [1.165, 1.54) is 5.56 Å². The maximum atomic E-state index is 13.6. The summed E-state index contributed by atoms with van der Waals surface area (Å²) in [4.78, 5) is 24.3. The van der Waals surface area contributed by atoms with Crippen LogP contribution in [0.1, 0.15) is 17.2 Å². The highest BCUT2D eigenvalue weighted by atomic mass is 35.5. The second-order valence-corrected chi connectivity index (χ2v) is 8.52. The molecule has 6 nitrogen and oxygen atoms in total. The summed E-state index contributed by atoms with van der Waals surface area (Å²) in [6, 6.07) is 9.02. The first kappa shape index (κ1) is 21.5. The molecule has 1 aromatic heterocycles. The summed E-state index contributed by atoms with van der Waals surface area (Å²) in [5.41, 5.74) is 2.00. The van der Waals surface area contributed by atoms with Crippen molar-refractivity contribution < 1.29 is 9.53 Å². The predicted molar refractivity (Wildman–Crippen MR) is 118 cm³/mol. The smallest absolute Gasteiger partial charge is 0.244 e. The molecule has 2 saturated heterocycles. The molecule has 1 aromatic carbocycles. The number of rotatable bonds is 5. The maximum Gasteiger partial charge on any atom is 0.244 e. The summed E-state index contributed by atoms with van der Waals surface area (Å²) in [6.45, 7) is 6.58. The molecule has 2 aliphatic rings. The van der Waals surface area contributed by atoms with Gasteiger partial charge in [-0.15, -0.1) is 0 Å². The van der Waals surface area contributed by atoms with E-state index in [2.05, 4.69) is 20.9 Å². The highest BCUT2D eigenvalue weighted by molar-refractivity contribution is 6.35. The van der Waals surface area contributed by atoms with Crippen molar-refractivity contribution in [1.29, 1.82) is 0 Å². The number of benzene rings is 1. The number of piperazine rings is 1. The number of nitrogens with zero attached hydrogens (tertiary/aromatic N) is 4. The average Bonchev–Trinajstić information content (AvgIpc) is 2.77. The van der Waals surface area contributed by atoms with E-state index in [1.807, 2.05) is 23.2 Å². The number of hydrogen-bond donors (Lipinski definition) is 0. The van der Waals surface area contributed by atoms with Crippen LogP contribution in [0.4, 0.5) is 0 Å². The van der Waals surface area contributed by atoms with Gasteiger partial charge < -0.3 is 9.64 Å². The van der Waals surface area contributed by atoms with Crippen molar-refractivity contribution in [2.24, 2.45) is 0 Å². The fourth-order valence-corrected chi connectivity index (χ4v) is 4.61. The van der Waals surface area contributed by atoms with E-state index < -0.39 is 6.04 Å². The lowest BCUT2D eigenvalue weighted by atomic mass is 10.0. The van der Waals surface area contributed by atoms with Gasteiger partial charge in [-0.3, -0.25) is 19.6 Å². The van der Waals surface area contributed by atoms with Crippen molar-refractivity contribution in [1.82, 2.24) is 19.7 Å². The van der Waals surface area contributed by atoms with Gasteiger partial charge in [0.2, 0.25) is 5.91 Å². The number of halogens is 2. The molecule has 30 heavy (non-hydrogen) atoms. The van der Waals surface area contributed by atoms with Crippen LogP contribution in [0.5, 0.6) is 0 Å². The number of pyridine rings is 1. The van der Waals surface area contributed by atoms with Crippen molar-refractivity contribution in [3.63, 3.8) is 0 Å². The minimum absolute atomic E-state index is 0.0992. The predicted octanol–water partition coefficient (Wildman–Crippen LogP) is 3.11. The number of amides is 1. The average molecular weight is 449 g/mol. The summed E-state index contributed by atoms with van der Waals surface area (Å²) in [5, 5.41) is 1.10. The number of morpholine rings is 1. The lowest BCUT2D eigenvalue weighted by Crippen LogP contribution is -2.53. The third-order valence-corrected chi connectivity index (χ3v) is 6.28. The first-order chi connectivity index (χ1) is 14.6. The first-order valence-corrected chi connectivity index (χ1v) is 11.0. The highest BCUT2D eigenvalue weighted by Crippen LogP contribution is 2.32. The van der Waals surface area contributed by atoms with Gasteiger partial charge in [-0.05, 0) is 29.3 Å². The molecule has 0 aliphatic carbocycles. The van der Waals surface area contributed by atoms with Gasteiger partial charge in [0, 0.05) is 68.3 Å². The van der Waals surface area contributed by atoms with Crippen LogP contribution in [-0.4, -0.2) is 78.1 Å². The lowest BCUT2D eigenvalue weighted by molar-refractivity contribution is -0.141. The Hall–Kier alpha value is -1.70. The Labute approximate surface area is 187 Å². The van der Waals surface area contributed by atoms with E-state index in [0.717, 1.165) is 25.2 Å². The van der Waals surface area contributed by atoms with E-state index >= 15 is 0 Å². The van der Waals surface area contributed by atoms with Crippen molar-refractivity contribution in [3.8, 4) is 0 Å². The van der Waals surface area contributed by atoms with Crippen molar-refractivity contribution >= 4 is 29.1 Å². The zero-order valence-corrected chi connectivity index (χ0v) is 18.4. The Kier molecular flexibility index (Phi) is 7.23. The van der Waals surface area contributed by atoms with Crippen molar-refractivity contribution in [3.05, 3.63) is 63.9 Å². The minimum Gasteiger partial charge on any atom is -0.379 e. The minimum atomic E-state index is -0.413. The molecule has 0 radical (unpaired) electrons.